The number of thiazole rings is 1. The minimum Gasteiger partial charge on any atom is -0.492 e. The van der Waals surface area contributed by atoms with Crippen molar-refractivity contribution < 1.29 is 9.52 Å². The Bertz CT molecular complexity index is 907. The number of rotatable bonds is 4. The molecule has 3 aromatic rings. The summed E-state index contributed by atoms with van der Waals surface area (Å²) in [6, 6.07) is 7.53. The number of pyridine rings is 1. The van der Waals surface area contributed by atoms with Crippen molar-refractivity contribution in [1.29, 1.82) is 0 Å². The molecule has 25 heavy (non-hydrogen) atoms. The average Bonchev–Trinajstić information content (AvgIpc) is 3.28. The minimum absolute atomic E-state index is 0. The SMILES string of the molecule is Cl.Cl.Oc1nc(NCc2ccco2)sc1/C=C1\C=Nc2ncccc21. The predicted octanol–water partition coefficient (Wildman–Crippen LogP) is 4.55. The van der Waals surface area contributed by atoms with Gasteiger partial charge in [-0.05, 0) is 30.3 Å². The number of anilines is 1. The van der Waals surface area contributed by atoms with Crippen molar-refractivity contribution in [3.8, 4) is 5.88 Å². The molecule has 0 saturated carbocycles. The Morgan fingerprint density at radius 2 is 2.12 bits per heavy atom. The minimum atomic E-state index is -0.00446. The number of nitrogens with one attached hydrogen (secondary N) is 1. The Labute approximate surface area is 160 Å². The molecule has 0 atom stereocenters. The molecule has 6 nitrogen and oxygen atoms in total. The molecule has 1 aliphatic rings. The second kappa shape index (κ2) is 8.15. The summed E-state index contributed by atoms with van der Waals surface area (Å²) in [5.74, 6) is 1.50. The van der Waals surface area contributed by atoms with Crippen LogP contribution in [0.4, 0.5) is 10.9 Å². The largest absolute Gasteiger partial charge is 0.492 e. The first-order chi connectivity index (χ1) is 11.3. The summed E-state index contributed by atoms with van der Waals surface area (Å²) in [6.45, 7) is 0.518. The van der Waals surface area contributed by atoms with Gasteiger partial charge in [-0.15, -0.1) is 24.8 Å². The highest BCUT2D eigenvalue weighted by molar-refractivity contribution is 7.16. The van der Waals surface area contributed by atoms with Crippen LogP contribution in [-0.2, 0) is 6.54 Å². The number of aromatic nitrogens is 2. The summed E-state index contributed by atoms with van der Waals surface area (Å²) in [5.41, 5.74) is 1.86. The molecular formula is C16H14Cl2N4O2S. The molecule has 0 aliphatic carbocycles. The number of hydrogen-bond donors (Lipinski definition) is 2. The van der Waals surface area contributed by atoms with Gasteiger partial charge in [-0.25, -0.2) is 9.98 Å². The van der Waals surface area contributed by atoms with E-state index in [1.807, 2.05) is 30.3 Å². The maximum Gasteiger partial charge on any atom is 0.231 e. The number of furan rings is 1. The molecule has 130 valence electrons. The van der Waals surface area contributed by atoms with Crippen LogP contribution in [-0.4, -0.2) is 21.3 Å². The molecule has 3 aromatic heterocycles. The van der Waals surface area contributed by atoms with Gasteiger partial charge in [0, 0.05) is 23.5 Å². The van der Waals surface area contributed by atoms with E-state index in [4.69, 9.17) is 4.42 Å². The van der Waals surface area contributed by atoms with Gasteiger partial charge in [0.2, 0.25) is 5.88 Å². The third-order valence-corrected chi connectivity index (χ3v) is 4.29. The molecule has 0 radical (unpaired) electrons. The van der Waals surface area contributed by atoms with Crippen molar-refractivity contribution >= 4 is 65.0 Å². The monoisotopic (exact) mass is 396 g/mol. The van der Waals surface area contributed by atoms with Crippen molar-refractivity contribution in [3.63, 3.8) is 0 Å². The van der Waals surface area contributed by atoms with Gasteiger partial charge in [0.25, 0.3) is 0 Å². The molecule has 1 aliphatic heterocycles. The third-order valence-electron chi connectivity index (χ3n) is 3.34. The summed E-state index contributed by atoms with van der Waals surface area (Å²) < 4.78 is 5.25. The van der Waals surface area contributed by atoms with E-state index in [1.54, 1.807) is 18.7 Å². The van der Waals surface area contributed by atoms with Crippen LogP contribution in [0.5, 0.6) is 5.88 Å². The maximum absolute atomic E-state index is 10.0. The lowest BCUT2D eigenvalue weighted by atomic mass is 10.1. The molecule has 0 spiro atoms. The lowest BCUT2D eigenvalue weighted by Gasteiger charge is -1.97. The van der Waals surface area contributed by atoms with Gasteiger partial charge < -0.3 is 14.8 Å². The fraction of sp³-hybridized carbons (Fsp3) is 0.0625. The zero-order valence-electron chi connectivity index (χ0n) is 12.7. The van der Waals surface area contributed by atoms with Crippen molar-refractivity contribution in [3.05, 3.63) is 52.9 Å². The summed E-state index contributed by atoms with van der Waals surface area (Å²) >= 11 is 1.37. The van der Waals surface area contributed by atoms with Gasteiger partial charge in [-0.2, -0.15) is 4.98 Å². The van der Waals surface area contributed by atoms with Gasteiger partial charge in [0.1, 0.15) is 5.76 Å². The Morgan fingerprint density at radius 1 is 1.24 bits per heavy atom. The van der Waals surface area contributed by atoms with E-state index < -0.39 is 0 Å². The Morgan fingerprint density at radius 3 is 2.92 bits per heavy atom. The van der Waals surface area contributed by atoms with E-state index in [-0.39, 0.29) is 30.7 Å². The first kappa shape index (κ1) is 19.0. The van der Waals surface area contributed by atoms with Crippen LogP contribution in [0.3, 0.4) is 0 Å². The lowest BCUT2D eigenvalue weighted by Crippen LogP contribution is -1.96. The van der Waals surface area contributed by atoms with Crippen molar-refractivity contribution in [2.45, 2.75) is 6.54 Å². The van der Waals surface area contributed by atoms with Crippen LogP contribution in [0.25, 0.3) is 11.6 Å². The highest BCUT2D eigenvalue weighted by Gasteiger charge is 2.15. The van der Waals surface area contributed by atoms with E-state index >= 15 is 0 Å². The summed E-state index contributed by atoms with van der Waals surface area (Å²) in [5, 5.41) is 13.8. The molecule has 0 unspecified atom stereocenters. The standard InChI is InChI=1S/C16H12N4O2S.2ClH/c21-15-13(7-10-8-18-14-12(10)4-1-5-17-14)23-16(20-15)19-9-11-3-2-6-22-11;;/h1-8,21H,9H2,(H,19,20);2*1H/b10-7+;;. The zero-order valence-corrected chi connectivity index (χ0v) is 15.2. The molecular weight excluding hydrogens is 383 g/mol. The second-order valence-electron chi connectivity index (χ2n) is 4.87. The van der Waals surface area contributed by atoms with Crippen LogP contribution in [0.15, 0.2) is 46.1 Å². The van der Waals surface area contributed by atoms with Crippen molar-refractivity contribution in [2.24, 2.45) is 4.99 Å². The number of halogens is 2. The lowest BCUT2D eigenvalue weighted by molar-refractivity contribution is 0.456. The number of allylic oxidation sites excluding steroid dienone is 1. The number of fused-ring (bicyclic) bond motifs is 1. The molecule has 0 fully saturated rings. The topological polar surface area (TPSA) is 83.5 Å². The number of aromatic hydroxyl groups is 1. The smallest absolute Gasteiger partial charge is 0.231 e. The molecule has 0 aromatic carbocycles. The van der Waals surface area contributed by atoms with Crippen LogP contribution in [0.2, 0.25) is 0 Å². The Kier molecular flexibility index (Phi) is 6.19. The van der Waals surface area contributed by atoms with Gasteiger partial charge >= 0.3 is 0 Å². The molecule has 4 heterocycles. The fourth-order valence-electron chi connectivity index (χ4n) is 2.25. The quantitative estimate of drug-likeness (QED) is 0.675. The number of nitrogens with zero attached hydrogens (tertiary/aromatic N) is 3. The van der Waals surface area contributed by atoms with Crippen LogP contribution < -0.4 is 5.32 Å². The highest BCUT2D eigenvalue weighted by Crippen LogP contribution is 2.35. The normalized spacial score (nSPS) is 13.2. The maximum atomic E-state index is 10.0. The average molecular weight is 397 g/mol. The van der Waals surface area contributed by atoms with Crippen LogP contribution in [0.1, 0.15) is 16.2 Å². The number of aliphatic imine (C=N–C) groups is 1. The van der Waals surface area contributed by atoms with Gasteiger partial charge in [0.05, 0.1) is 17.7 Å². The van der Waals surface area contributed by atoms with E-state index in [0.29, 0.717) is 22.4 Å². The molecule has 4 rings (SSSR count). The molecule has 0 bridgehead atoms. The zero-order chi connectivity index (χ0) is 15.6. The highest BCUT2D eigenvalue weighted by atomic mass is 35.5. The molecule has 0 saturated heterocycles. The molecule has 9 heteroatoms. The summed E-state index contributed by atoms with van der Waals surface area (Å²) in [7, 11) is 0. The Balaban J connectivity index is 0.00000113. The number of hydrogen-bond acceptors (Lipinski definition) is 7. The molecule has 2 N–H and O–H groups in total. The van der Waals surface area contributed by atoms with Crippen LogP contribution >= 0.6 is 36.2 Å². The van der Waals surface area contributed by atoms with Gasteiger partial charge in [0.15, 0.2) is 10.9 Å². The summed E-state index contributed by atoms with van der Waals surface area (Å²) in [4.78, 5) is 13.3. The summed E-state index contributed by atoms with van der Waals surface area (Å²) in [6.07, 6.45) is 6.94. The second-order valence-corrected chi connectivity index (χ2v) is 5.90. The Hall–Kier alpha value is -2.35. The van der Waals surface area contributed by atoms with Crippen LogP contribution in [0, 0.1) is 0 Å². The van der Waals surface area contributed by atoms with E-state index in [2.05, 4.69) is 20.3 Å². The van der Waals surface area contributed by atoms with Gasteiger partial charge in [-0.3, -0.25) is 0 Å². The van der Waals surface area contributed by atoms with E-state index in [1.165, 1.54) is 11.3 Å². The third kappa shape index (κ3) is 4.01. The first-order valence-electron chi connectivity index (χ1n) is 6.97. The van der Waals surface area contributed by atoms with Gasteiger partial charge in [-0.1, -0.05) is 11.3 Å². The van der Waals surface area contributed by atoms with E-state index in [9.17, 15) is 5.11 Å². The van der Waals surface area contributed by atoms with Crippen molar-refractivity contribution in [1.82, 2.24) is 9.97 Å². The van der Waals surface area contributed by atoms with Crippen molar-refractivity contribution in [2.75, 3.05) is 5.32 Å². The first-order valence-corrected chi connectivity index (χ1v) is 7.78. The van der Waals surface area contributed by atoms with E-state index in [0.717, 1.165) is 16.9 Å². The fourth-order valence-corrected chi connectivity index (χ4v) is 3.06. The predicted molar refractivity (Wildman–Crippen MR) is 105 cm³/mol. The molecule has 0 amide bonds.